The Kier molecular flexibility index (Phi) is 4.84. The van der Waals surface area contributed by atoms with Gasteiger partial charge in [0.05, 0.1) is 5.88 Å². The maximum Gasteiger partial charge on any atom is 0.321 e. The topological polar surface area (TPSA) is 35.0 Å². The van der Waals surface area contributed by atoms with Crippen molar-refractivity contribution in [1.82, 2.24) is 9.97 Å². The molecule has 1 heterocycles. The Morgan fingerprint density at radius 1 is 1.10 bits per heavy atom. The first-order valence-corrected chi connectivity index (χ1v) is 7.65. The van der Waals surface area contributed by atoms with Crippen LogP contribution < -0.4 is 4.74 Å². The number of alkyl halides is 1. The molecule has 4 heteroatoms. The molecule has 1 aromatic heterocycles. The average molecular weight is 305 g/mol. The minimum Gasteiger partial charge on any atom is -0.424 e. The van der Waals surface area contributed by atoms with Gasteiger partial charge < -0.3 is 4.74 Å². The normalized spacial score (nSPS) is 11.5. The summed E-state index contributed by atoms with van der Waals surface area (Å²) in [6, 6.07) is 6.62. The second kappa shape index (κ2) is 6.44. The molecule has 0 N–H and O–H groups in total. The fourth-order valence-electron chi connectivity index (χ4n) is 2.04. The van der Waals surface area contributed by atoms with Crippen LogP contribution in [-0.2, 0) is 17.7 Å². The Bertz CT molecular complexity index is 603. The monoisotopic (exact) mass is 304 g/mol. The van der Waals surface area contributed by atoms with Crippen molar-refractivity contribution < 1.29 is 4.74 Å². The van der Waals surface area contributed by atoms with Crippen LogP contribution in [0.15, 0.2) is 30.6 Å². The molecular formula is C17H21ClN2O. The third kappa shape index (κ3) is 3.94. The van der Waals surface area contributed by atoms with E-state index < -0.39 is 0 Å². The van der Waals surface area contributed by atoms with Gasteiger partial charge in [0.25, 0.3) is 0 Å². The molecule has 0 radical (unpaired) electrons. The zero-order valence-corrected chi connectivity index (χ0v) is 13.7. The Hall–Kier alpha value is -1.61. The molecule has 2 aromatic rings. The van der Waals surface area contributed by atoms with Crippen molar-refractivity contribution in [1.29, 1.82) is 0 Å². The SMILES string of the molecule is CCc1ccc(Oc2ncc(CCl)cn2)c(C(C)(C)C)c1. The second-order valence-electron chi connectivity index (χ2n) is 6.04. The number of hydrogen-bond donors (Lipinski definition) is 0. The molecule has 0 saturated heterocycles. The third-order valence-corrected chi connectivity index (χ3v) is 3.61. The molecule has 0 aliphatic heterocycles. The van der Waals surface area contributed by atoms with E-state index >= 15 is 0 Å². The highest BCUT2D eigenvalue weighted by atomic mass is 35.5. The quantitative estimate of drug-likeness (QED) is 0.756. The van der Waals surface area contributed by atoms with E-state index in [0.717, 1.165) is 23.3 Å². The number of aromatic nitrogens is 2. The molecule has 0 spiro atoms. The summed E-state index contributed by atoms with van der Waals surface area (Å²) in [6.07, 6.45) is 4.38. The van der Waals surface area contributed by atoms with Crippen LogP contribution in [0, 0.1) is 0 Å². The molecule has 0 fully saturated rings. The lowest BCUT2D eigenvalue weighted by molar-refractivity contribution is 0.422. The predicted octanol–water partition coefficient (Wildman–Crippen LogP) is 4.87. The molecule has 0 aliphatic rings. The molecule has 0 bridgehead atoms. The van der Waals surface area contributed by atoms with Gasteiger partial charge in [-0.15, -0.1) is 11.6 Å². The summed E-state index contributed by atoms with van der Waals surface area (Å²) in [5.74, 6) is 1.21. The lowest BCUT2D eigenvalue weighted by atomic mass is 9.85. The summed E-state index contributed by atoms with van der Waals surface area (Å²) < 4.78 is 5.87. The number of hydrogen-bond acceptors (Lipinski definition) is 3. The van der Waals surface area contributed by atoms with Crippen LogP contribution in [0.25, 0.3) is 0 Å². The molecule has 21 heavy (non-hydrogen) atoms. The van der Waals surface area contributed by atoms with E-state index in [2.05, 4.69) is 49.8 Å². The van der Waals surface area contributed by atoms with Gasteiger partial charge in [0.1, 0.15) is 5.75 Å². The highest BCUT2D eigenvalue weighted by Gasteiger charge is 2.20. The van der Waals surface area contributed by atoms with E-state index in [0.29, 0.717) is 11.9 Å². The third-order valence-electron chi connectivity index (χ3n) is 3.30. The van der Waals surface area contributed by atoms with Crippen LogP contribution in [0.2, 0.25) is 0 Å². The van der Waals surface area contributed by atoms with E-state index in [4.69, 9.17) is 16.3 Å². The van der Waals surface area contributed by atoms with Crippen molar-refractivity contribution in [3.05, 3.63) is 47.3 Å². The zero-order valence-electron chi connectivity index (χ0n) is 13.0. The first-order chi connectivity index (χ1) is 9.94. The van der Waals surface area contributed by atoms with Gasteiger partial charge in [-0.1, -0.05) is 39.8 Å². The summed E-state index contributed by atoms with van der Waals surface area (Å²) in [6.45, 7) is 8.67. The van der Waals surface area contributed by atoms with Crippen LogP contribution in [0.5, 0.6) is 11.8 Å². The minimum absolute atomic E-state index is 0.00338. The van der Waals surface area contributed by atoms with Crippen molar-refractivity contribution in [2.45, 2.75) is 45.4 Å². The van der Waals surface area contributed by atoms with Gasteiger partial charge in [0, 0.05) is 23.5 Å². The molecule has 0 aliphatic carbocycles. The lowest BCUT2D eigenvalue weighted by Crippen LogP contribution is -2.13. The molecule has 0 atom stereocenters. The van der Waals surface area contributed by atoms with Crippen molar-refractivity contribution >= 4 is 11.6 Å². The number of benzene rings is 1. The first-order valence-electron chi connectivity index (χ1n) is 7.12. The molecule has 0 unspecified atom stereocenters. The van der Waals surface area contributed by atoms with Crippen LogP contribution >= 0.6 is 11.6 Å². The highest BCUT2D eigenvalue weighted by Crippen LogP contribution is 2.34. The standard InChI is InChI=1S/C17H21ClN2O/c1-5-12-6-7-15(14(8-12)17(2,3)4)21-16-19-10-13(9-18)11-20-16/h6-8,10-11H,5,9H2,1-4H3. The fourth-order valence-corrected chi connectivity index (χ4v) is 2.17. The van der Waals surface area contributed by atoms with Gasteiger partial charge >= 0.3 is 6.01 Å². The predicted molar refractivity (Wildman–Crippen MR) is 86.2 cm³/mol. The fraction of sp³-hybridized carbons (Fsp3) is 0.412. The molecular weight excluding hydrogens is 284 g/mol. The minimum atomic E-state index is -0.00338. The molecule has 1 aromatic carbocycles. The van der Waals surface area contributed by atoms with Crippen LogP contribution in [0.3, 0.4) is 0 Å². The smallest absolute Gasteiger partial charge is 0.321 e. The van der Waals surface area contributed by atoms with Crippen molar-refractivity contribution in [2.24, 2.45) is 0 Å². The van der Waals surface area contributed by atoms with Gasteiger partial charge in [-0.05, 0) is 23.5 Å². The maximum absolute atomic E-state index is 5.87. The number of nitrogens with zero attached hydrogens (tertiary/aromatic N) is 2. The highest BCUT2D eigenvalue weighted by molar-refractivity contribution is 6.17. The number of halogens is 1. The number of rotatable bonds is 4. The van der Waals surface area contributed by atoms with E-state index in [1.807, 2.05) is 6.07 Å². The zero-order chi connectivity index (χ0) is 15.5. The molecule has 0 amide bonds. The van der Waals surface area contributed by atoms with Gasteiger partial charge in [-0.25, -0.2) is 9.97 Å². The van der Waals surface area contributed by atoms with Crippen LogP contribution in [0.4, 0.5) is 0 Å². The summed E-state index contributed by atoms with van der Waals surface area (Å²) in [4.78, 5) is 8.39. The number of aryl methyl sites for hydroxylation is 1. The Balaban J connectivity index is 2.34. The van der Waals surface area contributed by atoms with E-state index in [-0.39, 0.29) is 5.41 Å². The molecule has 3 nitrogen and oxygen atoms in total. The molecule has 112 valence electrons. The Labute approximate surface area is 131 Å². The van der Waals surface area contributed by atoms with E-state index in [1.54, 1.807) is 12.4 Å². The number of ether oxygens (including phenoxy) is 1. The van der Waals surface area contributed by atoms with Crippen molar-refractivity contribution in [3.63, 3.8) is 0 Å². The Morgan fingerprint density at radius 3 is 2.29 bits per heavy atom. The van der Waals surface area contributed by atoms with Gasteiger partial charge in [-0.3, -0.25) is 0 Å². The van der Waals surface area contributed by atoms with Gasteiger partial charge in [0.2, 0.25) is 0 Å². The second-order valence-corrected chi connectivity index (χ2v) is 6.31. The summed E-state index contributed by atoms with van der Waals surface area (Å²) >= 11 is 5.74. The summed E-state index contributed by atoms with van der Waals surface area (Å²) in [5, 5.41) is 0. The van der Waals surface area contributed by atoms with Crippen molar-refractivity contribution in [3.8, 4) is 11.8 Å². The largest absolute Gasteiger partial charge is 0.424 e. The first kappa shape index (κ1) is 15.8. The van der Waals surface area contributed by atoms with Crippen LogP contribution in [-0.4, -0.2) is 9.97 Å². The summed E-state index contributed by atoms with van der Waals surface area (Å²) in [5.41, 5.74) is 3.33. The van der Waals surface area contributed by atoms with Gasteiger partial charge in [-0.2, -0.15) is 0 Å². The lowest BCUT2D eigenvalue weighted by Gasteiger charge is -2.23. The van der Waals surface area contributed by atoms with Crippen LogP contribution in [0.1, 0.15) is 44.4 Å². The van der Waals surface area contributed by atoms with E-state index in [1.165, 1.54) is 5.56 Å². The Morgan fingerprint density at radius 2 is 1.76 bits per heavy atom. The van der Waals surface area contributed by atoms with E-state index in [9.17, 15) is 0 Å². The molecule has 0 saturated carbocycles. The average Bonchev–Trinajstić information content (AvgIpc) is 2.47. The maximum atomic E-state index is 5.87. The van der Waals surface area contributed by atoms with Gasteiger partial charge in [0.15, 0.2) is 0 Å². The molecule has 2 rings (SSSR count). The van der Waals surface area contributed by atoms with Crippen molar-refractivity contribution in [2.75, 3.05) is 0 Å². The summed E-state index contributed by atoms with van der Waals surface area (Å²) in [7, 11) is 0.